The van der Waals surface area contributed by atoms with Gasteiger partial charge < -0.3 is 10.0 Å². The lowest BCUT2D eigenvalue weighted by molar-refractivity contribution is -0.138. The van der Waals surface area contributed by atoms with Crippen molar-refractivity contribution in [3.8, 4) is 12.3 Å². The quantitative estimate of drug-likeness (QED) is 0.529. The van der Waals surface area contributed by atoms with Crippen molar-refractivity contribution in [1.29, 1.82) is 0 Å². The molecule has 1 heterocycles. The van der Waals surface area contributed by atoms with Crippen LogP contribution in [0.1, 0.15) is 25.7 Å². The van der Waals surface area contributed by atoms with Gasteiger partial charge in [-0.2, -0.15) is 0 Å². The van der Waals surface area contributed by atoms with Crippen LogP contribution in [0.3, 0.4) is 0 Å². The first-order valence-electron chi connectivity index (χ1n) is 5.10. The summed E-state index contributed by atoms with van der Waals surface area (Å²) in [4.78, 5) is 12.8. The molecule has 0 aromatic carbocycles. The minimum Gasteiger partial charge on any atom is -0.481 e. The molecule has 78 valence electrons. The summed E-state index contributed by atoms with van der Waals surface area (Å²) in [5.41, 5.74) is 0. The normalized spacial score (nSPS) is 22.1. The van der Waals surface area contributed by atoms with Crippen molar-refractivity contribution in [2.24, 2.45) is 5.92 Å². The fourth-order valence-corrected chi connectivity index (χ4v) is 1.93. The average Bonchev–Trinajstić information content (AvgIpc) is 2.52. The Morgan fingerprint density at radius 2 is 2.43 bits per heavy atom. The van der Waals surface area contributed by atoms with Gasteiger partial charge in [0, 0.05) is 19.4 Å². The molecule has 1 fully saturated rings. The Balaban J connectivity index is 2.14. The number of carboxylic acids is 1. The second kappa shape index (κ2) is 5.66. The van der Waals surface area contributed by atoms with Crippen molar-refractivity contribution in [3.05, 3.63) is 0 Å². The van der Waals surface area contributed by atoms with Crippen molar-refractivity contribution >= 4 is 5.97 Å². The largest absolute Gasteiger partial charge is 0.481 e. The highest BCUT2D eigenvalue weighted by atomic mass is 16.4. The SMILES string of the molecule is C#CCCCN1CCC(CC(=O)O)C1. The van der Waals surface area contributed by atoms with Gasteiger partial charge in [-0.3, -0.25) is 4.79 Å². The van der Waals surface area contributed by atoms with Gasteiger partial charge in [0.15, 0.2) is 0 Å². The van der Waals surface area contributed by atoms with Gasteiger partial charge in [-0.1, -0.05) is 0 Å². The van der Waals surface area contributed by atoms with Crippen molar-refractivity contribution in [1.82, 2.24) is 4.90 Å². The summed E-state index contributed by atoms with van der Waals surface area (Å²) in [5, 5.41) is 8.63. The molecule has 3 heteroatoms. The van der Waals surface area contributed by atoms with Gasteiger partial charge in [-0.15, -0.1) is 12.3 Å². The van der Waals surface area contributed by atoms with Crippen LogP contribution >= 0.6 is 0 Å². The first kappa shape index (κ1) is 11.1. The van der Waals surface area contributed by atoms with E-state index in [2.05, 4.69) is 10.8 Å². The number of unbranched alkanes of at least 4 members (excludes halogenated alkanes) is 1. The predicted octanol–water partition coefficient (Wildman–Crippen LogP) is 1.20. The Morgan fingerprint density at radius 3 is 3.07 bits per heavy atom. The molecule has 0 saturated carbocycles. The topological polar surface area (TPSA) is 40.5 Å². The molecular formula is C11H17NO2. The van der Waals surface area contributed by atoms with E-state index in [1.165, 1.54) is 0 Å². The third kappa shape index (κ3) is 3.80. The predicted molar refractivity (Wildman–Crippen MR) is 54.9 cm³/mol. The number of hydrogen-bond donors (Lipinski definition) is 1. The zero-order chi connectivity index (χ0) is 10.4. The Hall–Kier alpha value is -1.01. The Bertz CT molecular complexity index is 232. The van der Waals surface area contributed by atoms with E-state index in [-0.39, 0.29) is 0 Å². The first-order chi connectivity index (χ1) is 6.72. The van der Waals surface area contributed by atoms with Crippen molar-refractivity contribution in [2.75, 3.05) is 19.6 Å². The van der Waals surface area contributed by atoms with E-state index < -0.39 is 5.97 Å². The van der Waals surface area contributed by atoms with E-state index in [1.807, 2.05) is 0 Å². The van der Waals surface area contributed by atoms with Gasteiger partial charge in [0.05, 0.1) is 0 Å². The first-order valence-corrected chi connectivity index (χ1v) is 5.10. The number of terminal acetylenes is 1. The minimum atomic E-state index is -0.680. The number of carbonyl (C=O) groups is 1. The molecule has 1 atom stereocenters. The zero-order valence-corrected chi connectivity index (χ0v) is 8.41. The van der Waals surface area contributed by atoms with Crippen LogP contribution < -0.4 is 0 Å². The lowest BCUT2D eigenvalue weighted by Gasteiger charge is -2.14. The molecule has 1 unspecified atom stereocenters. The maximum Gasteiger partial charge on any atom is 0.303 e. The molecule has 1 aliphatic heterocycles. The molecule has 0 amide bonds. The van der Waals surface area contributed by atoms with E-state index in [0.717, 1.165) is 38.9 Å². The van der Waals surface area contributed by atoms with Gasteiger partial charge in [-0.25, -0.2) is 0 Å². The van der Waals surface area contributed by atoms with Gasteiger partial charge in [-0.05, 0) is 31.8 Å². The number of rotatable bonds is 5. The highest BCUT2D eigenvalue weighted by Gasteiger charge is 2.23. The smallest absolute Gasteiger partial charge is 0.303 e. The molecule has 0 spiro atoms. The fourth-order valence-electron chi connectivity index (χ4n) is 1.93. The van der Waals surface area contributed by atoms with Crippen molar-refractivity contribution in [2.45, 2.75) is 25.7 Å². The Kier molecular flexibility index (Phi) is 4.48. The summed E-state index contributed by atoms with van der Waals surface area (Å²) in [6, 6.07) is 0. The van der Waals surface area contributed by atoms with Crippen LogP contribution in [0, 0.1) is 18.3 Å². The molecule has 1 N–H and O–H groups in total. The van der Waals surface area contributed by atoms with Crippen LogP contribution in [-0.4, -0.2) is 35.6 Å². The summed E-state index contributed by atoms with van der Waals surface area (Å²) in [6.07, 6.45) is 8.33. The number of aliphatic carboxylic acids is 1. The van der Waals surface area contributed by atoms with Crippen LogP contribution in [0.4, 0.5) is 0 Å². The van der Waals surface area contributed by atoms with Crippen molar-refractivity contribution < 1.29 is 9.90 Å². The van der Waals surface area contributed by atoms with Crippen LogP contribution in [0.5, 0.6) is 0 Å². The Morgan fingerprint density at radius 1 is 1.64 bits per heavy atom. The second-order valence-electron chi connectivity index (χ2n) is 3.86. The molecule has 0 aliphatic carbocycles. The average molecular weight is 195 g/mol. The molecule has 0 aromatic heterocycles. The third-order valence-electron chi connectivity index (χ3n) is 2.63. The molecule has 0 radical (unpaired) electrons. The van der Waals surface area contributed by atoms with Crippen LogP contribution in [-0.2, 0) is 4.79 Å². The monoisotopic (exact) mass is 195 g/mol. The summed E-state index contributed by atoms with van der Waals surface area (Å²) in [5.74, 6) is 2.28. The lowest BCUT2D eigenvalue weighted by Crippen LogP contribution is -2.22. The number of likely N-dealkylation sites (tertiary alicyclic amines) is 1. The van der Waals surface area contributed by atoms with E-state index in [4.69, 9.17) is 11.5 Å². The summed E-state index contributed by atoms with van der Waals surface area (Å²) in [6.45, 7) is 2.97. The van der Waals surface area contributed by atoms with Gasteiger partial charge in [0.25, 0.3) is 0 Å². The van der Waals surface area contributed by atoms with Gasteiger partial charge >= 0.3 is 5.97 Å². The molecule has 14 heavy (non-hydrogen) atoms. The molecule has 1 aliphatic rings. The van der Waals surface area contributed by atoms with Gasteiger partial charge in [0.2, 0.25) is 0 Å². The maximum absolute atomic E-state index is 10.5. The number of nitrogens with zero attached hydrogens (tertiary/aromatic N) is 1. The van der Waals surface area contributed by atoms with E-state index >= 15 is 0 Å². The number of carboxylic acid groups (broad SMARTS) is 1. The van der Waals surface area contributed by atoms with E-state index in [0.29, 0.717) is 12.3 Å². The second-order valence-corrected chi connectivity index (χ2v) is 3.86. The third-order valence-corrected chi connectivity index (χ3v) is 2.63. The fraction of sp³-hybridized carbons (Fsp3) is 0.727. The van der Waals surface area contributed by atoms with Crippen LogP contribution in [0.15, 0.2) is 0 Å². The number of hydrogen-bond acceptors (Lipinski definition) is 2. The molecule has 0 aromatic rings. The molecule has 1 rings (SSSR count). The molecular weight excluding hydrogens is 178 g/mol. The van der Waals surface area contributed by atoms with Crippen molar-refractivity contribution in [3.63, 3.8) is 0 Å². The standard InChI is InChI=1S/C11H17NO2/c1-2-3-4-6-12-7-5-10(9-12)8-11(13)14/h1,10H,3-9H2,(H,13,14). The summed E-state index contributed by atoms with van der Waals surface area (Å²) < 4.78 is 0. The molecule has 0 bridgehead atoms. The van der Waals surface area contributed by atoms with Crippen LogP contribution in [0.25, 0.3) is 0 Å². The minimum absolute atomic E-state index is 0.311. The van der Waals surface area contributed by atoms with Gasteiger partial charge in [0.1, 0.15) is 0 Å². The molecule has 1 saturated heterocycles. The summed E-state index contributed by atoms with van der Waals surface area (Å²) >= 11 is 0. The van der Waals surface area contributed by atoms with E-state index in [9.17, 15) is 4.79 Å². The zero-order valence-electron chi connectivity index (χ0n) is 8.41. The lowest BCUT2D eigenvalue weighted by atomic mass is 10.1. The Labute approximate surface area is 85.1 Å². The van der Waals surface area contributed by atoms with E-state index in [1.54, 1.807) is 0 Å². The highest BCUT2D eigenvalue weighted by Crippen LogP contribution is 2.19. The summed E-state index contributed by atoms with van der Waals surface area (Å²) in [7, 11) is 0. The highest BCUT2D eigenvalue weighted by molar-refractivity contribution is 5.67. The molecule has 3 nitrogen and oxygen atoms in total. The maximum atomic E-state index is 10.5. The van der Waals surface area contributed by atoms with Crippen LogP contribution in [0.2, 0.25) is 0 Å².